The number of hydrogen-bond donors (Lipinski definition) is 1. The Balaban J connectivity index is 1.09. The Morgan fingerprint density at radius 3 is 2.44 bits per heavy atom. The van der Waals surface area contributed by atoms with Gasteiger partial charge >= 0.3 is 12.0 Å². The van der Waals surface area contributed by atoms with Crippen molar-refractivity contribution in [1.82, 2.24) is 19.7 Å². The van der Waals surface area contributed by atoms with Crippen LogP contribution in [0.1, 0.15) is 58.8 Å². The molecular formula is C33H37FN4O5. The van der Waals surface area contributed by atoms with Gasteiger partial charge in [0.2, 0.25) is 5.88 Å². The number of urea groups is 1. The maximum atomic E-state index is 15.1. The summed E-state index contributed by atoms with van der Waals surface area (Å²) in [7, 11) is 0. The van der Waals surface area contributed by atoms with Gasteiger partial charge in [0.15, 0.2) is 0 Å². The molecule has 3 fully saturated rings. The zero-order chi connectivity index (χ0) is 29.9. The number of amides is 2. The number of likely N-dealkylation sites (tertiary alicyclic amines) is 1. The number of carboxylic acid groups (broad SMARTS) is 1. The summed E-state index contributed by atoms with van der Waals surface area (Å²) in [4.78, 5) is 35.7. The molecule has 226 valence electrons. The number of aromatic carboxylic acids is 1. The van der Waals surface area contributed by atoms with E-state index in [-0.39, 0.29) is 35.5 Å². The fourth-order valence-corrected chi connectivity index (χ4v) is 6.48. The molecular weight excluding hydrogens is 551 g/mol. The van der Waals surface area contributed by atoms with Gasteiger partial charge in [0, 0.05) is 69.3 Å². The first kappa shape index (κ1) is 29.1. The van der Waals surface area contributed by atoms with Crippen LogP contribution < -0.4 is 4.74 Å². The number of rotatable bonds is 8. The molecule has 0 bridgehead atoms. The van der Waals surface area contributed by atoms with Gasteiger partial charge in [0.25, 0.3) is 0 Å². The molecule has 0 spiro atoms. The highest BCUT2D eigenvalue weighted by molar-refractivity contribution is 5.87. The standard InChI is InChI=1S/C33H37FN4O5/c1-22-2-8-29(34)28(18-22)30-21-37(25-12-16-42-17-13-25)33(41)38(30)26-10-14-36(15-11-26)20-23-3-9-31(35-19-23)43-27-6-4-24(5-7-27)32(39)40/h2-9,18-19,25-26,30H,10-17,20-21H2,1H3,(H,39,40)/t30-/m0/s1. The van der Waals surface area contributed by atoms with Crippen LogP contribution in [0.15, 0.2) is 60.8 Å². The smallest absolute Gasteiger partial charge is 0.335 e. The van der Waals surface area contributed by atoms with Gasteiger partial charge in [-0.1, -0.05) is 23.8 Å². The second-order valence-corrected chi connectivity index (χ2v) is 11.7. The Labute approximate surface area is 250 Å². The second kappa shape index (κ2) is 12.7. The highest BCUT2D eigenvalue weighted by Gasteiger charge is 2.46. The summed E-state index contributed by atoms with van der Waals surface area (Å²) >= 11 is 0. The molecule has 0 unspecified atom stereocenters. The van der Waals surface area contributed by atoms with Gasteiger partial charge in [-0.25, -0.2) is 19.0 Å². The zero-order valence-electron chi connectivity index (χ0n) is 24.3. The molecule has 6 rings (SSSR count). The molecule has 3 aromatic rings. The summed E-state index contributed by atoms with van der Waals surface area (Å²) < 4.78 is 26.4. The Kier molecular flexibility index (Phi) is 8.58. The van der Waals surface area contributed by atoms with E-state index >= 15 is 4.39 Å². The lowest BCUT2D eigenvalue weighted by Crippen LogP contribution is -2.48. The number of aryl methyl sites for hydroxylation is 1. The number of aromatic nitrogens is 1. The van der Waals surface area contributed by atoms with Crippen LogP contribution in [0.5, 0.6) is 11.6 Å². The van der Waals surface area contributed by atoms with E-state index in [1.807, 2.05) is 34.9 Å². The van der Waals surface area contributed by atoms with Crippen molar-refractivity contribution in [1.29, 1.82) is 0 Å². The van der Waals surface area contributed by atoms with E-state index in [0.29, 0.717) is 37.0 Å². The molecule has 43 heavy (non-hydrogen) atoms. The first-order valence-corrected chi connectivity index (χ1v) is 15.0. The monoisotopic (exact) mass is 588 g/mol. The van der Waals surface area contributed by atoms with E-state index in [1.54, 1.807) is 24.4 Å². The minimum atomic E-state index is -0.984. The molecule has 10 heteroatoms. The van der Waals surface area contributed by atoms with Gasteiger partial charge in [0.05, 0.1) is 11.6 Å². The van der Waals surface area contributed by atoms with Crippen molar-refractivity contribution in [3.63, 3.8) is 0 Å². The number of carbonyl (C=O) groups excluding carboxylic acids is 1. The Morgan fingerprint density at radius 2 is 1.77 bits per heavy atom. The lowest BCUT2D eigenvalue weighted by atomic mass is 9.97. The molecule has 3 saturated heterocycles. The van der Waals surface area contributed by atoms with Gasteiger partial charge in [0.1, 0.15) is 11.6 Å². The molecule has 2 amide bonds. The van der Waals surface area contributed by atoms with Gasteiger partial charge in [-0.2, -0.15) is 0 Å². The number of carbonyl (C=O) groups is 2. The average Bonchev–Trinajstić information content (AvgIpc) is 3.37. The largest absolute Gasteiger partial charge is 0.478 e. The maximum Gasteiger partial charge on any atom is 0.335 e. The SMILES string of the molecule is Cc1ccc(F)c([C@@H]2CN(C3CCOCC3)C(=O)N2C2CCN(Cc3ccc(Oc4ccc(C(=O)O)cc4)nc3)CC2)c1. The third-order valence-corrected chi connectivity index (χ3v) is 8.79. The summed E-state index contributed by atoms with van der Waals surface area (Å²) in [6, 6.07) is 15.1. The van der Waals surface area contributed by atoms with Gasteiger partial charge < -0.3 is 24.4 Å². The first-order chi connectivity index (χ1) is 20.9. The van der Waals surface area contributed by atoms with Crippen LogP contribution in [0.3, 0.4) is 0 Å². The summed E-state index contributed by atoms with van der Waals surface area (Å²) in [5.74, 6) is -0.288. The Morgan fingerprint density at radius 1 is 1.02 bits per heavy atom. The molecule has 2 aromatic carbocycles. The van der Waals surface area contributed by atoms with E-state index < -0.39 is 5.97 Å². The van der Waals surface area contributed by atoms with Gasteiger partial charge in [-0.15, -0.1) is 0 Å². The van der Waals surface area contributed by atoms with Crippen LogP contribution in [0, 0.1) is 12.7 Å². The Hall–Kier alpha value is -4.02. The highest BCUT2D eigenvalue weighted by Crippen LogP contribution is 2.38. The molecule has 3 aliphatic heterocycles. The number of halogens is 1. The normalized spacial score (nSPS) is 20.5. The number of benzene rings is 2. The number of nitrogens with zero attached hydrogens (tertiary/aromatic N) is 4. The maximum absolute atomic E-state index is 15.1. The Bertz CT molecular complexity index is 1440. The van der Waals surface area contributed by atoms with Gasteiger partial charge in [-0.05, 0) is 68.5 Å². The van der Waals surface area contributed by atoms with Crippen LogP contribution in [-0.2, 0) is 11.3 Å². The van der Waals surface area contributed by atoms with Crippen molar-refractivity contribution in [3.8, 4) is 11.6 Å². The van der Waals surface area contributed by atoms with Crippen LogP contribution in [-0.4, -0.2) is 81.7 Å². The molecule has 1 atom stereocenters. The fourth-order valence-electron chi connectivity index (χ4n) is 6.48. The van der Waals surface area contributed by atoms with Crippen molar-refractivity contribution in [2.24, 2.45) is 0 Å². The zero-order valence-corrected chi connectivity index (χ0v) is 24.3. The minimum absolute atomic E-state index is 0.0219. The summed E-state index contributed by atoms with van der Waals surface area (Å²) in [5.41, 5.74) is 2.85. The lowest BCUT2D eigenvalue weighted by molar-refractivity contribution is 0.0493. The second-order valence-electron chi connectivity index (χ2n) is 11.7. The van der Waals surface area contributed by atoms with Crippen LogP contribution in [0.4, 0.5) is 9.18 Å². The number of hydrogen-bond acceptors (Lipinski definition) is 6. The fraction of sp³-hybridized carbons (Fsp3) is 0.424. The third kappa shape index (κ3) is 6.50. The number of carboxylic acids is 1. The quantitative estimate of drug-likeness (QED) is 0.364. The van der Waals surface area contributed by atoms with E-state index in [9.17, 15) is 9.59 Å². The molecule has 0 aliphatic carbocycles. The van der Waals surface area contributed by atoms with Crippen molar-refractivity contribution >= 4 is 12.0 Å². The van der Waals surface area contributed by atoms with Crippen LogP contribution in [0.2, 0.25) is 0 Å². The third-order valence-electron chi connectivity index (χ3n) is 8.79. The highest BCUT2D eigenvalue weighted by atomic mass is 19.1. The molecule has 0 radical (unpaired) electrons. The average molecular weight is 589 g/mol. The minimum Gasteiger partial charge on any atom is -0.478 e. The molecule has 4 heterocycles. The van der Waals surface area contributed by atoms with Crippen molar-refractivity contribution < 1.29 is 28.6 Å². The van der Waals surface area contributed by atoms with Crippen molar-refractivity contribution in [2.75, 3.05) is 32.8 Å². The molecule has 3 aliphatic rings. The number of piperidine rings is 1. The van der Waals surface area contributed by atoms with E-state index in [1.165, 1.54) is 18.2 Å². The topological polar surface area (TPSA) is 95.4 Å². The number of pyridine rings is 1. The predicted molar refractivity (Wildman–Crippen MR) is 158 cm³/mol. The molecule has 9 nitrogen and oxygen atoms in total. The van der Waals surface area contributed by atoms with E-state index in [0.717, 1.165) is 56.4 Å². The van der Waals surface area contributed by atoms with Crippen molar-refractivity contribution in [3.05, 3.63) is 88.9 Å². The predicted octanol–water partition coefficient (Wildman–Crippen LogP) is 5.64. The molecule has 0 saturated carbocycles. The lowest BCUT2D eigenvalue weighted by Gasteiger charge is -2.39. The summed E-state index contributed by atoms with van der Waals surface area (Å²) in [6.45, 7) is 6.15. The molecule has 1 N–H and O–H groups in total. The number of ether oxygens (including phenoxy) is 2. The summed E-state index contributed by atoms with van der Waals surface area (Å²) in [5, 5.41) is 9.06. The van der Waals surface area contributed by atoms with Crippen molar-refractivity contribution in [2.45, 2.75) is 57.3 Å². The van der Waals surface area contributed by atoms with Crippen LogP contribution in [0.25, 0.3) is 0 Å². The van der Waals surface area contributed by atoms with Crippen LogP contribution >= 0.6 is 0 Å². The van der Waals surface area contributed by atoms with Gasteiger partial charge in [-0.3, -0.25) is 4.90 Å². The molecule has 1 aromatic heterocycles. The van der Waals surface area contributed by atoms with E-state index in [2.05, 4.69) is 9.88 Å². The summed E-state index contributed by atoms with van der Waals surface area (Å²) in [6.07, 6.45) is 5.06. The first-order valence-electron chi connectivity index (χ1n) is 15.0. The van der Waals surface area contributed by atoms with E-state index in [4.69, 9.17) is 14.6 Å².